The number of hydrogen-bond acceptors (Lipinski definition) is 3. The number of rotatable bonds is 10. The first-order valence-electron chi connectivity index (χ1n) is 9.48. The molecule has 0 aliphatic heterocycles. The number of hydrogen-bond donors (Lipinski definition) is 0. The predicted molar refractivity (Wildman–Crippen MR) is 105 cm³/mol. The number of carbonyl (C=O) groups is 1. The van der Waals surface area contributed by atoms with Gasteiger partial charge < -0.3 is 9.47 Å². The molecule has 0 heterocycles. The molecule has 1 atom stereocenters. The normalized spacial score (nSPS) is 13.0. The van der Waals surface area contributed by atoms with Gasteiger partial charge in [-0.2, -0.15) is 0 Å². The van der Waals surface area contributed by atoms with Gasteiger partial charge in [0.2, 0.25) is 0 Å². The molecule has 0 amide bonds. The number of para-hydroxylation sites is 1. The van der Waals surface area contributed by atoms with Crippen LogP contribution in [0.25, 0.3) is 0 Å². The van der Waals surface area contributed by atoms with Crippen molar-refractivity contribution in [2.24, 2.45) is 5.41 Å². The van der Waals surface area contributed by atoms with Crippen molar-refractivity contribution in [3.63, 3.8) is 0 Å². The molecule has 0 aliphatic carbocycles. The molecule has 140 valence electrons. The summed E-state index contributed by atoms with van der Waals surface area (Å²) in [6.45, 7) is 4.42. The summed E-state index contributed by atoms with van der Waals surface area (Å²) in [4.78, 5) is 13.1. The van der Waals surface area contributed by atoms with E-state index < -0.39 is 5.41 Å². The number of esters is 1. The van der Waals surface area contributed by atoms with Crippen LogP contribution in [-0.2, 0) is 22.4 Å². The molecule has 1 unspecified atom stereocenters. The zero-order valence-corrected chi connectivity index (χ0v) is 16.2. The highest BCUT2D eigenvalue weighted by atomic mass is 16.5. The van der Waals surface area contributed by atoms with Gasteiger partial charge in [0.25, 0.3) is 0 Å². The lowest BCUT2D eigenvalue weighted by Gasteiger charge is -2.32. The van der Waals surface area contributed by atoms with Crippen molar-refractivity contribution in [1.82, 2.24) is 0 Å². The van der Waals surface area contributed by atoms with E-state index in [4.69, 9.17) is 9.47 Å². The minimum Gasteiger partial charge on any atom is -0.496 e. The third-order valence-corrected chi connectivity index (χ3v) is 4.82. The third kappa shape index (κ3) is 5.10. The Morgan fingerprint density at radius 2 is 1.65 bits per heavy atom. The van der Waals surface area contributed by atoms with Crippen LogP contribution in [0, 0.1) is 5.41 Å². The Kier molecular flexibility index (Phi) is 7.71. The fraction of sp³-hybridized carbons (Fsp3) is 0.435. The Balaban J connectivity index is 2.43. The van der Waals surface area contributed by atoms with E-state index in [9.17, 15) is 4.79 Å². The summed E-state index contributed by atoms with van der Waals surface area (Å²) < 4.78 is 11.1. The third-order valence-electron chi connectivity index (χ3n) is 4.82. The second kappa shape index (κ2) is 10.0. The first-order chi connectivity index (χ1) is 12.6. The van der Waals surface area contributed by atoms with Crippen molar-refractivity contribution in [1.29, 1.82) is 0 Å². The van der Waals surface area contributed by atoms with E-state index >= 15 is 0 Å². The van der Waals surface area contributed by atoms with Crippen LogP contribution in [0.3, 0.4) is 0 Å². The zero-order chi connectivity index (χ0) is 18.8. The van der Waals surface area contributed by atoms with Crippen LogP contribution in [0.2, 0.25) is 0 Å². The second-order valence-electron chi connectivity index (χ2n) is 6.76. The molecule has 0 radical (unpaired) electrons. The topological polar surface area (TPSA) is 35.5 Å². The molecular formula is C23H30O3. The van der Waals surface area contributed by atoms with Gasteiger partial charge in [0.05, 0.1) is 19.1 Å². The molecule has 26 heavy (non-hydrogen) atoms. The fourth-order valence-corrected chi connectivity index (χ4v) is 3.49. The van der Waals surface area contributed by atoms with Crippen LogP contribution >= 0.6 is 0 Å². The molecule has 0 bridgehead atoms. The molecule has 0 aliphatic rings. The fourth-order valence-electron chi connectivity index (χ4n) is 3.49. The van der Waals surface area contributed by atoms with Crippen LogP contribution < -0.4 is 4.74 Å². The Labute approximate surface area is 157 Å². The van der Waals surface area contributed by atoms with Crippen LogP contribution in [0.15, 0.2) is 54.6 Å². The maximum absolute atomic E-state index is 13.1. The van der Waals surface area contributed by atoms with E-state index in [1.807, 2.05) is 49.4 Å². The minimum atomic E-state index is -0.581. The van der Waals surface area contributed by atoms with Gasteiger partial charge in [-0.3, -0.25) is 4.79 Å². The lowest BCUT2D eigenvalue weighted by Crippen LogP contribution is -2.37. The van der Waals surface area contributed by atoms with Crippen molar-refractivity contribution in [2.75, 3.05) is 13.7 Å². The first-order valence-corrected chi connectivity index (χ1v) is 9.48. The molecular weight excluding hydrogens is 324 g/mol. The van der Waals surface area contributed by atoms with Gasteiger partial charge in [-0.15, -0.1) is 0 Å². The van der Waals surface area contributed by atoms with Gasteiger partial charge >= 0.3 is 5.97 Å². The average molecular weight is 354 g/mol. The summed E-state index contributed by atoms with van der Waals surface area (Å²) in [5, 5.41) is 0. The highest BCUT2D eigenvalue weighted by molar-refractivity contribution is 5.78. The van der Waals surface area contributed by atoms with Gasteiger partial charge in [-0.05, 0) is 43.4 Å². The SMILES string of the molecule is CCCCC(Cc1ccccc1)(Cc1ccccc1OC)C(=O)OCC. The Morgan fingerprint density at radius 3 is 2.31 bits per heavy atom. The summed E-state index contributed by atoms with van der Waals surface area (Å²) in [7, 11) is 1.67. The minimum absolute atomic E-state index is 0.108. The largest absolute Gasteiger partial charge is 0.496 e. The van der Waals surface area contributed by atoms with Crippen molar-refractivity contribution >= 4 is 5.97 Å². The molecule has 2 aromatic carbocycles. The van der Waals surface area contributed by atoms with E-state index in [-0.39, 0.29) is 5.97 Å². The van der Waals surface area contributed by atoms with Crippen molar-refractivity contribution in [2.45, 2.75) is 46.0 Å². The number of benzene rings is 2. The maximum atomic E-state index is 13.1. The van der Waals surface area contributed by atoms with Crippen molar-refractivity contribution in [3.8, 4) is 5.75 Å². The maximum Gasteiger partial charge on any atom is 0.312 e. The lowest BCUT2D eigenvalue weighted by molar-refractivity contribution is -0.156. The lowest BCUT2D eigenvalue weighted by atomic mass is 9.72. The number of unbranched alkanes of at least 4 members (excludes halogenated alkanes) is 1. The van der Waals surface area contributed by atoms with E-state index in [1.54, 1.807) is 7.11 Å². The summed E-state index contributed by atoms with van der Waals surface area (Å²) in [5.74, 6) is 0.717. The second-order valence-corrected chi connectivity index (χ2v) is 6.76. The summed E-state index contributed by atoms with van der Waals surface area (Å²) in [6.07, 6.45) is 4.12. The Morgan fingerprint density at radius 1 is 0.962 bits per heavy atom. The Bertz CT molecular complexity index is 681. The number of carbonyl (C=O) groups excluding carboxylic acids is 1. The molecule has 0 spiro atoms. The van der Waals surface area contributed by atoms with E-state index in [2.05, 4.69) is 19.1 Å². The molecule has 0 saturated heterocycles. The van der Waals surface area contributed by atoms with E-state index in [0.29, 0.717) is 19.4 Å². The van der Waals surface area contributed by atoms with E-state index in [1.165, 1.54) is 0 Å². The van der Waals surface area contributed by atoms with Crippen molar-refractivity contribution < 1.29 is 14.3 Å². The smallest absolute Gasteiger partial charge is 0.312 e. The highest BCUT2D eigenvalue weighted by Crippen LogP contribution is 2.37. The molecule has 0 saturated carbocycles. The van der Waals surface area contributed by atoms with Gasteiger partial charge in [-0.1, -0.05) is 68.3 Å². The first kappa shape index (κ1) is 20.0. The molecule has 3 nitrogen and oxygen atoms in total. The number of ether oxygens (including phenoxy) is 2. The molecule has 0 N–H and O–H groups in total. The van der Waals surface area contributed by atoms with Crippen LogP contribution in [0.5, 0.6) is 5.75 Å². The molecule has 3 heteroatoms. The van der Waals surface area contributed by atoms with Crippen LogP contribution in [0.1, 0.15) is 44.2 Å². The molecule has 2 rings (SSSR count). The molecule has 2 aromatic rings. The standard InChI is InChI=1S/C23H30O3/c1-4-6-16-23(22(24)26-5-2,17-19-12-8-7-9-13-19)18-20-14-10-11-15-21(20)25-3/h7-15H,4-6,16-18H2,1-3H3. The zero-order valence-electron chi connectivity index (χ0n) is 16.2. The summed E-state index contributed by atoms with van der Waals surface area (Å²) >= 11 is 0. The van der Waals surface area contributed by atoms with Crippen LogP contribution in [0.4, 0.5) is 0 Å². The summed E-state index contributed by atoms with van der Waals surface area (Å²) in [5.41, 5.74) is 1.63. The monoisotopic (exact) mass is 354 g/mol. The van der Waals surface area contributed by atoms with Gasteiger partial charge in [0.1, 0.15) is 5.75 Å². The Hall–Kier alpha value is -2.29. The number of methoxy groups -OCH3 is 1. The molecule has 0 fully saturated rings. The predicted octanol–water partition coefficient (Wildman–Crippen LogP) is 5.22. The van der Waals surface area contributed by atoms with Gasteiger partial charge in [0.15, 0.2) is 0 Å². The van der Waals surface area contributed by atoms with Gasteiger partial charge in [0, 0.05) is 0 Å². The van der Waals surface area contributed by atoms with Crippen LogP contribution in [-0.4, -0.2) is 19.7 Å². The molecule has 0 aromatic heterocycles. The quantitative estimate of drug-likeness (QED) is 0.549. The average Bonchev–Trinajstić information content (AvgIpc) is 2.67. The van der Waals surface area contributed by atoms with Gasteiger partial charge in [-0.25, -0.2) is 0 Å². The van der Waals surface area contributed by atoms with E-state index in [0.717, 1.165) is 36.1 Å². The summed E-state index contributed by atoms with van der Waals surface area (Å²) in [6, 6.07) is 18.2. The highest BCUT2D eigenvalue weighted by Gasteiger charge is 2.40. The van der Waals surface area contributed by atoms with Crippen molar-refractivity contribution in [3.05, 3.63) is 65.7 Å².